The molecule has 0 radical (unpaired) electrons. The van der Waals surface area contributed by atoms with Gasteiger partial charge in [0, 0.05) is 10.9 Å². The summed E-state index contributed by atoms with van der Waals surface area (Å²) in [6.07, 6.45) is 1.03. The summed E-state index contributed by atoms with van der Waals surface area (Å²) in [5.41, 5.74) is 8.37. The first-order valence-electron chi connectivity index (χ1n) is 7.30. The summed E-state index contributed by atoms with van der Waals surface area (Å²) in [7, 11) is 0. The molecule has 0 heterocycles. The molecule has 2 aromatic carbocycles. The van der Waals surface area contributed by atoms with Gasteiger partial charge in [0.2, 0.25) is 0 Å². The Morgan fingerprint density at radius 2 is 1.71 bits per heavy atom. The summed E-state index contributed by atoms with van der Waals surface area (Å²) in [5, 5.41) is 0.748. The second-order valence-electron chi connectivity index (χ2n) is 5.46. The van der Waals surface area contributed by atoms with Crippen LogP contribution >= 0.6 is 11.6 Å². The largest absolute Gasteiger partial charge is 0.491 e. The van der Waals surface area contributed by atoms with Crippen molar-refractivity contribution in [1.29, 1.82) is 0 Å². The van der Waals surface area contributed by atoms with Gasteiger partial charge < -0.3 is 10.5 Å². The van der Waals surface area contributed by atoms with Crippen molar-refractivity contribution in [1.82, 2.24) is 0 Å². The summed E-state index contributed by atoms with van der Waals surface area (Å²) >= 11 is 5.95. The first kappa shape index (κ1) is 15.9. The summed E-state index contributed by atoms with van der Waals surface area (Å²) in [5.74, 6) is 1.21. The number of hydrogen-bond acceptors (Lipinski definition) is 2. The Labute approximate surface area is 131 Å². The number of nitrogens with two attached hydrogens (primary N) is 1. The van der Waals surface area contributed by atoms with Crippen LogP contribution in [-0.4, -0.2) is 12.6 Å². The summed E-state index contributed by atoms with van der Waals surface area (Å²) in [6.45, 7) is 4.67. The Morgan fingerprint density at radius 1 is 1.05 bits per heavy atom. The van der Waals surface area contributed by atoms with E-state index in [0.717, 1.165) is 17.2 Å². The average Bonchev–Trinajstić information content (AvgIpc) is 2.47. The predicted octanol–water partition coefficient (Wildman–Crippen LogP) is 4.41. The maximum atomic E-state index is 5.97. The van der Waals surface area contributed by atoms with E-state index in [1.807, 2.05) is 56.3 Å². The van der Waals surface area contributed by atoms with Crippen LogP contribution in [-0.2, 0) is 6.42 Å². The summed E-state index contributed by atoms with van der Waals surface area (Å²) in [6, 6.07) is 16.1. The summed E-state index contributed by atoms with van der Waals surface area (Å²) in [4.78, 5) is 0. The van der Waals surface area contributed by atoms with E-state index in [9.17, 15) is 0 Å². The molecule has 0 bridgehead atoms. The van der Waals surface area contributed by atoms with Crippen molar-refractivity contribution < 1.29 is 4.74 Å². The molecule has 0 saturated heterocycles. The molecule has 2 rings (SSSR count). The Kier molecular flexibility index (Phi) is 5.66. The number of rotatable bonds is 6. The Hall–Kier alpha value is -1.51. The van der Waals surface area contributed by atoms with Crippen LogP contribution in [0, 0.1) is 0 Å². The molecule has 0 aromatic heterocycles. The fourth-order valence-corrected chi connectivity index (χ4v) is 2.51. The minimum Gasteiger partial charge on any atom is -0.491 e. The smallest absolute Gasteiger partial charge is 0.122 e. The molecule has 21 heavy (non-hydrogen) atoms. The maximum absolute atomic E-state index is 5.97. The third-order valence-corrected chi connectivity index (χ3v) is 3.68. The second kappa shape index (κ2) is 7.48. The Balaban J connectivity index is 2.20. The number of benzene rings is 2. The van der Waals surface area contributed by atoms with Crippen molar-refractivity contribution in [3.8, 4) is 5.75 Å². The molecule has 2 N–H and O–H groups in total. The van der Waals surface area contributed by atoms with E-state index in [4.69, 9.17) is 22.1 Å². The van der Waals surface area contributed by atoms with Gasteiger partial charge in [0.05, 0.1) is 6.10 Å². The van der Waals surface area contributed by atoms with Gasteiger partial charge in [-0.1, -0.05) is 41.9 Å². The van der Waals surface area contributed by atoms with Gasteiger partial charge in [-0.2, -0.15) is 0 Å². The third kappa shape index (κ3) is 4.48. The number of ether oxygens (including phenoxy) is 1. The SMILES string of the molecule is CC(C)Oc1ccccc1CC(CN)c1ccc(Cl)cc1. The topological polar surface area (TPSA) is 35.2 Å². The molecule has 112 valence electrons. The summed E-state index contributed by atoms with van der Waals surface area (Å²) < 4.78 is 5.88. The molecule has 0 spiro atoms. The van der Waals surface area contributed by atoms with Crippen molar-refractivity contribution in [2.24, 2.45) is 5.73 Å². The van der Waals surface area contributed by atoms with Crippen LogP contribution in [0.1, 0.15) is 30.9 Å². The molecule has 0 amide bonds. The van der Waals surface area contributed by atoms with E-state index in [2.05, 4.69) is 6.07 Å². The lowest BCUT2D eigenvalue weighted by Crippen LogP contribution is -2.16. The normalized spacial score (nSPS) is 12.4. The zero-order chi connectivity index (χ0) is 15.2. The van der Waals surface area contributed by atoms with E-state index in [-0.39, 0.29) is 12.0 Å². The van der Waals surface area contributed by atoms with Gasteiger partial charge in [-0.05, 0) is 56.1 Å². The third-order valence-electron chi connectivity index (χ3n) is 3.43. The molecule has 1 unspecified atom stereocenters. The van der Waals surface area contributed by atoms with Gasteiger partial charge in [-0.25, -0.2) is 0 Å². The highest BCUT2D eigenvalue weighted by atomic mass is 35.5. The molecule has 0 aliphatic heterocycles. The second-order valence-corrected chi connectivity index (χ2v) is 5.90. The molecule has 1 atom stereocenters. The van der Waals surface area contributed by atoms with Gasteiger partial charge in [0.25, 0.3) is 0 Å². The van der Waals surface area contributed by atoms with Crippen molar-refractivity contribution in [2.75, 3.05) is 6.54 Å². The van der Waals surface area contributed by atoms with Crippen LogP contribution in [0.4, 0.5) is 0 Å². The fraction of sp³-hybridized carbons (Fsp3) is 0.333. The van der Waals surface area contributed by atoms with E-state index >= 15 is 0 Å². The van der Waals surface area contributed by atoms with Gasteiger partial charge in [-0.15, -0.1) is 0 Å². The van der Waals surface area contributed by atoms with Gasteiger partial charge >= 0.3 is 0 Å². The lowest BCUT2D eigenvalue weighted by molar-refractivity contribution is 0.239. The number of hydrogen-bond donors (Lipinski definition) is 1. The van der Waals surface area contributed by atoms with Crippen molar-refractivity contribution in [3.63, 3.8) is 0 Å². The molecular weight excluding hydrogens is 282 g/mol. The molecule has 2 nitrogen and oxygen atoms in total. The van der Waals surface area contributed by atoms with Crippen LogP contribution in [0.5, 0.6) is 5.75 Å². The molecule has 3 heteroatoms. The van der Waals surface area contributed by atoms with Crippen LogP contribution in [0.25, 0.3) is 0 Å². The van der Waals surface area contributed by atoms with Crippen molar-refractivity contribution in [3.05, 3.63) is 64.7 Å². The van der Waals surface area contributed by atoms with Crippen LogP contribution in [0.2, 0.25) is 5.02 Å². The standard InChI is InChI=1S/C18H22ClNO/c1-13(2)21-18-6-4-3-5-15(18)11-16(12-20)14-7-9-17(19)10-8-14/h3-10,13,16H,11-12,20H2,1-2H3. The number of para-hydroxylation sites is 1. The van der Waals surface area contributed by atoms with E-state index in [1.165, 1.54) is 11.1 Å². The van der Waals surface area contributed by atoms with Crippen LogP contribution < -0.4 is 10.5 Å². The van der Waals surface area contributed by atoms with Crippen molar-refractivity contribution in [2.45, 2.75) is 32.3 Å². The molecule has 0 saturated carbocycles. The van der Waals surface area contributed by atoms with E-state index in [1.54, 1.807) is 0 Å². The lowest BCUT2D eigenvalue weighted by atomic mass is 9.91. The van der Waals surface area contributed by atoms with Gasteiger partial charge in [0.15, 0.2) is 0 Å². The molecule has 0 aliphatic rings. The fourth-order valence-electron chi connectivity index (χ4n) is 2.38. The monoisotopic (exact) mass is 303 g/mol. The highest BCUT2D eigenvalue weighted by Gasteiger charge is 2.14. The predicted molar refractivity (Wildman–Crippen MR) is 89.2 cm³/mol. The van der Waals surface area contributed by atoms with Crippen molar-refractivity contribution >= 4 is 11.6 Å². The highest BCUT2D eigenvalue weighted by molar-refractivity contribution is 6.30. The van der Waals surface area contributed by atoms with E-state index < -0.39 is 0 Å². The first-order valence-corrected chi connectivity index (χ1v) is 7.68. The van der Waals surface area contributed by atoms with E-state index in [0.29, 0.717) is 6.54 Å². The van der Waals surface area contributed by atoms with Crippen LogP contribution in [0.3, 0.4) is 0 Å². The quantitative estimate of drug-likeness (QED) is 0.858. The average molecular weight is 304 g/mol. The van der Waals surface area contributed by atoms with Gasteiger partial charge in [0.1, 0.15) is 5.75 Å². The maximum Gasteiger partial charge on any atom is 0.122 e. The zero-order valence-electron chi connectivity index (χ0n) is 12.6. The molecular formula is C18H22ClNO. The molecule has 2 aromatic rings. The first-order chi connectivity index (χ1) is 10.1. The minimum absolute atomic E-state index is 0.165. The molecule has 0 fully saturated rings. The Morgan fingerprint density at radius 3 is 2.33 bits per heavy atom. The zero-order valence-corrected chi connectivity index (χ0v) is 13.3. The minimum atomic E-state index is 0.165. The van der Waals surface area contributed by atoms with Crippen LogP contribution in [0.15, 0.2) is 48.5 Å². The Bertz CT molecular complexity index is 566. The number of halogens is 1. The van der Waals surface area contributed by atoms with Gasteiger partial charge in [-0.3, -0.25) is 0 Å². The molecule has 0 aliphatic carbocycles. The highest BCUT2D eigenvalue weighted by Crippen LogP contribution is 2.27. The lowest BCUT2D eigenvalue weighted by Gasteiger charge is -2.19.